The number of imidazole rings is 1. The van der Waals surface area contributed by atoms with Crippen molar-refractivity contribution in [1.29, 1.82) is 0 Å². The molecule has 0 bridgehead atoms. The average Bonchev–Trinajstić information content (AvgIpc) is 3.49. The lowest BCUT2D eigenvalue weighted by Crippen LogP contribution is -2.23. The van der Waals surface area contributed by atoms with Crippen molar-refractivity contribution < 1.29 is 9.18 Å². The molecule has 0 saturated heterocycles. The summed E-state index contributed by atoms with van der Waals surface area (Å²) < 4.78 is 19.2. The van der Waals surface area contributed by atoms with E-state index in [4.69, 9.17) is 6.42 Å². The number of fused-ring (bicyclic) bond motifs is 3. The first kappa shape index (κ1) is 24.0. The number of pyridine rings is 1. The van der Waals surface area contributed by atoms with Crippen LogP contribution in [0.15, 0.2) is 43.0 Å². The molecule has 2 aliphatic rings. The highest BCUT2D eigenvalue weighted by Crippen LogP contribution is 2.42. The second-order valence-electron chi connectivity index (χ2n) is 10.0. The summed E-state index contributed by atoms with van der Waals surface area (Å²) in [5, 5.41) is 10.9. The van der Waals surface area contributed by atoms with Gasteiger partial charge in [-0.3, -0.25) is 9.69 Å². The molecule has 4 aromatic rings. The third kappa shape index (κ3) is 4.35. The highest BCUT2D eigenvalue weighted by molar-refractivity contribution is 6.04. The Morgan fingerprint density at radius 1 is 1.24 bits per heavy atom. The molecule has 1 saturated carbocycles. The number of anilines is 1. The summed E-state index contributed by atoms with van der Waals surface area (Å²) in [6.07, 6.45) is 11.3. The Labute approximate surface area is 219 Å². The predicted molar refractivity (Wildman–Crippen MR) is 140 cm³/mol. The van der Waals surface area contributed by atoms with Crippen molar-refractivity contribution in [3.63, 3.8) is 0 Å². The van der Waals surface area contributed by atoms with Crippen LogP contribution in [-0.2, 0) is 13.1 Å². The standard InChI is InChI=1S/C28H27FN8O/c1-4-10-35-13-19-11-21(29)20(12-23(19)37-15-30-26(18-8-9-18)24(37)14-35)28(38)33-25-7-5-6-22(32-25)27-34-31-16-36(27)17(2)3/h1,5-7,11-12,15-18H,8-10,13-14H2,2-3H3,(H,32,33,38). The third-order valence-electron chi connectivity index (χ3n) is 6.97. The van der Waals surface area contributed by atoms with Crippen molar-refractivity contribution in [2.75, 3.05) is 11.9 Å². The average molecular weight is 511 g/mol. The maximum absolute atomic E-state index is 15.4. The Hall–Kier alpha value is -4.36. The van der Waals surface area contributed by atoms with Gasteiger partial charge < -0.3 is 14.5 Å². The fourth-order valence-electron chi connectivity index (χ4n) is 4.94. The number of benzene rings is 1. The Kier molecular flexibility index (Phi) is 6.00. The summed E-state index contributed by atoms with van der Waals surface area (Å²) in [5.41, 5.74) is 4.08. The maximum atomic E-state index is 15.4. The van der Waals surface area contributed by atoms with Crippen LogP contribution in [0.5, 0.6) is 0 Å². The van der Waals surface area contributed by atoms with Gasteiger partial charge >= 0.3 is 0 Å². The lowest BCUT2D eigenvalue weighted by molar-refractivity contribution is 0.102. The van der Waals surface area contributed by atoms with Crippen LogP contribution >= 0.6 is 0 Å². The molecule has 3 aromatic heterocycles. The van der Waals surface area contributed by atoms with E-state index >= 15 is 4.39 Å². The fraction of sp³-hybridized carbons (Fsp3) is 0.321. The Morgan fingerprint density at radius 3 is 2.84 bits per heavy atom. The van der Waals surface area contributed by atoms with Crippen LogP contribution in [-0.4, -0.2) is 46.7 Å². The van der Waals surface area contributed by atoms with Crippen molar-refractivity contribution in [1.82, 2.24) is 34.2 Å². The van der Waals surface area contributed by atoms with E-state index in [1.807, 2.05) is 23.0 Å². The number of amides is 1. The molecule has 1 amide bonds. The summed E-state index contributed by atoms with van der Waals surface area (Å²) in [6, 6.07) is 8.38. The normalized spacial score (nSPS) is 15.0. The molecule has 6 rings (SSSR count). The first-order valence-electron chi connectivity index (χ1n) is 12.7. The van der Waals surface area contributed by atoms with E-state index in [-0.39, 0.29) is 11.6 Å². The van der Waals surface area contributed by atoms with Crippen LogP contribution in [0.2, 0.25) is 0 Å². The lowest BCUT2D eigenvalue weighted by Gasteiger charge is -2.17. The van der Waals surface area contributed by atoms with Crippen LogP contribution in [0.25, 0.3) is 17.2 Å². The number of nitrogens with zero attached hydrogens (tertiary/aromatic N) is 7. The smallest absolute Gasteiger partial charge is 0.259 e. The number of nitrogens with one attached hydrogen (secondary N) is 1. The van der Waals surface area contributed by atoms with E-state index in [1.54, 1.807) is 36.9 Å². The fourth-order valence-corrected chi connectivity index (χ4v) is 4.94. The van der Waals surface area contributed by atoms with Gasteiger partial charge in [-0.25, -0.2) is 14.4 Å². The Balaban J connectivity index is 1.34. The molecule has 0 atom stereocenters. The zero-order valence-corrected chi connectivity index (χ0v) is 21.2. The highest BCUT2D eigenvalue weighted by Gasteiger charge is 2.32. The molecular weight excluding hydrogens is 483 g/mol. The molecule has 1 fully saturated rings. The molecule has 0 spiro atoms. The molecule has 38 heavy (non-hydrogen) atoms. The quantitative estimate of drug-likeness (QED) is 0.388. The number of carbonyl (C=O) groups is 1. The van der Waals surface area contributed by atoms with Gasteiger partial charge in [0.2, 0.25) is 0 Å². The van der Waals surface area contributed by atoms with Crippen molar-refractivity contribution in [3.8, 4) is 29.5 Å². The second kappa shape index (κ2) is 9.50. The van der Waals surface area contributed by atoms with E-state index in [2.05, 4.69) is 36.3 Å². The molecule has 1 aliphatic carbocycles. The van der Waals surface area contributed by atoms with E-state index in [0.717, 1.165) is 35.5 Å². The van der Waals surface area contributed by atoms with Crippen molar-refractivity contribution in [2.24, 2.45) is 0 Å². The zero-order valence-electron chi connectivity index (χ0n) is 21.2. The van der Waals surface area contributed by atoms with Crippen molar-refractivity contribution in [3.05, 3.63) is 71.3 Å². The van der Waals surface area contributed by atoms with E-state index in [1.165, 1.54) is 6.07 Å². The van der Waals surface area contributed by atoms with E-state index in [0.29, 0.717) is 42.9 Å². The number of rotatable bonds is 6. The minimum absolute atomic E-state index is 0.0701. The van der Waals surface area contributed by atoms with Gasteiger partial charge in [0.1, 0.15) is 23.7 Å². The molecule has 1 aliphatic heterocycles. The number of hydrogen-bond donors (Lipinski definition) is 1. The predicted octanol–water partition coefficient (Wildman–Crippen LogP) is 4.32. The first-order chi connectivity index (χ1) is 18.4. The summed E-state index contributed by atoms with van der Waals surface area (Å²) in [6.45, 7) is 5.57. The van der Waals surface area contributed by atoms with Crippen LogP contribution in [0.3, 0.4) is 0 Å². The van der Waals surface area contributed by atoms with Crippen LogP contribution in [0, 0.1) is 18.2 Å². The van der Waals surface area contributed by atoms with Gasteiger partial charge in [0.25, 0.3) is 5.91 Å². The molecular formula is C28H27FN8O. The number of aromatic nitrogens is 6. The molecule has 1 aromatic carbocycles. The molecule has 9 nitrogen and oxygen atoms in total. The molecule has 4 heterocycles. The second-order valence-corrected chi connectivity index (χ2v) is 10.0. The van der Waals surface area contributed by atoms with E-state index < -0.39 is 11.7 Å². The molecule has 1 N–H and O–H groups in total. The highest BCUT2D eigenvalue weighted by atomic mass is 19.1. The van der Waals surface area contributed by atoms with Crippen molar-refractivity contribution in [2.45, 2.75) is 51.7 Å². The van der Waals surface area contributed by atoms with Gasteiger partial charge in [-0.15, -0.1) is 16.6 Å². The Bertz CT molecular complexity index is 1580. The minimum Gasteiger partial charge on any atom is -0.310 e. The monoisotopic (exact) mass is 510 g/mol. The van der Waals surface area contributed by atoms with Gasteiger partial charge in [0.15, 0.2) is 5.82 Å². The van der Waals surface area contributed by atoms with Gasteiger partial charge in [0.05, 0.1) is 35.5 Å². The van der Waals surface area contributed by atoms with Crippen LogP contribution in [0.1, 0.15) is 66.0 Å². The van der Waals surface area contributed by atoms with Crippen LogP contribution < -0.4 is 5.32 Å². The largest absolute Gasteiger partial charge is 0.310 e. The minimum atomic E-state index is -0.608. The van der Waals surface area contributed by atoms with Crippen molar-refractivity contribution >= 4 is 11.7 Å². The number of halogens is 1. The summed E-state index contributed by atoms with van der Waals surface area (Å²) in [7, 11) is 0. The maximum Gasteiger partial charge on any atom is 0.259 e. The number of terminal acetylenes is 1. The summed E-state index contributed by atoms with van der Waals surface area (Å²) >= 11 is 0. The van der Waals surface area contributed by atoms with Crippen LogP contribution in [0.4, 0.5) is 10.2 Å². The Morgan fingerprint density at radius 2 is 2.08 bits per heavy atom. The zero-order chi connectivity index (χ0) is 26.4. The number of hydrogen-bond acceptors (Lipinski definition) is 6. The van der Waals surface area contributed by atoms with E-state index in [9.17, 15) is 4.79 Å². The molecule has 10 heteroatoms. The molecule has 0 radical (unpaired) electrons. The molecule has 0 unspecified atom stereocenters. The van der Waals surface area contributed by atoms with Gasteiger partial charge in [-0.1, -0.05) is 12.0 Å². The topological polar surface area (TPSA) is 93.8 Å². The lowest BCUT2D eigenvalue weighted by atomic mass is 10.1. The third-order valence-corrected chi connectivity index (χ3v) is 6.97. The summed E-state index contributed by atoms with van der Waals surface area (Å²) in [5.74, 6) is 2.83. The number of carbonyl (C=O) groups excluding carboxylic acids is 1. The summed E-state index contributed by atoms with van der Waals surface area (Å²) in [4.78, 5) is 24.6. The molecule has 192 valence electrons. The van der Waals surface area contributed by atoms with Gasteiger partial charge in [0, 0.05) is 25.0 Å². The van der Waals surface area contributed by atoms with Gasteiger partial charge in [-0.2, -0.15) is 0 Å². The SMILES string of the molecule is C#CCN1Cc2cc(F)c(C(=O)Nc3cccc(-c4nncn4C(C)C)n3)cc2-n2cnc(C3CC3)c2C1. The van der Waals surface area contributed by atoms with Gasteiger partial charge in [-0.05, 0) is 56.5 Å². The first-order valence-corrected chi connectivity index (χ1v) is 12.7.